The van der Waals surface area contributed by atoms with Gasteiger partial charge in [-0.25, -0.2) is 4.79 Å². The SMILES string of the molecule is C=CC(=O)OC(=O)CCC1CCCCC1. The zero-order chi connectivity index (χ0) is 11.1. The number of carbonyl (C=O) groups is 2. The minimum atomic E-state index is -0.649. The van der Waals surface area contributed by atoms with Gasteiger partial charge in [-0.2, -0.15) is 0 Å². The average molecular weight is 210 g/mol. The number of rotatable bonds is 4. The molecule has 0 heterocycles. The second-order valence-electron chi connectivity index (χ2n) is 4.04. The Labute approximate surface area is 90.5 Å². The number of hydrogen-bond acceptors (Lipinski definition) is 3. The van der Waals surface area contributed by atoms with Gasteiger partial charge in [0.15, 0.2) is 0 Å². The predicted molar refractivity (Wildman–Crippen MR) is 57.1 cm³/mol. The topological polar surface area (TPSA) is 43.4 Å². The molecule has 3 nitrogen and oxygen atoms in total. The highest BCUT2D eigenvalue weighted by Crippen LogP contribution is 2.27. The van der Waals surface area contributed by atoms with Gasteiger partial charge in [0.1, 0.15) is 0 Å². The van der Waals surface area contributed by atoms with Crippen LogP contribution in [-0.2, 0) is 14.3 Å². The van der Waals surface area contributed by atoms with Gasteiger partial charge in [0.2, 0.25) is 0 Å². The lowest BCUT2D eigenvalue weighted by molar-refractivity contribution is -0.156. The molecule has 0 radical (unpaired) electrons. The van der Waals surface area contributed by atoms with Gasteiger partial charge in [0.25, 0.3) is 0 Å². The largest absolute Gasteiger partial charge is 0.390 e. The molecule has 0 unspecified atom stereocenters. The van der Waals surface area contributed by atoms with Crippen LogP contribution in [0.4, 0.5) is 0 Å². The summed E-state index contributed by atoms with van der Waals surface area (Å²) >= 11 is 0. The number of carbonyl (C=O) groups excluding carboxylic acids is 2. The number of hydrogen-bond donors (Lipinski definition) is 0. The molecule has 1 aliphatic carbocycles. The first-order valence-corrected chi connectivity index (χ1v) is 5.59. The maximum atomic E-state index is 11.2. The Morgan fingerprint density at radius 3 is 2.53 bits per heavy atom. The van der Waals surface area contributed by atoms with E-state index in [0.717, 1.165) is 12.5 Å². The number of ether oxygens (including phenoxy) is 1. The summed E-state index contributed by atoms with van der Waals surface area (Å²) in [5.41, 5.74) is 0. The monoisotopic (exact) mass is 210 g/mol. The summed E-state index contributed by atoms with van der Waals surface area (Å²) in [7, 11) is 0. The molecule has 0 bridgehead atoms. The molecule has 84 valence electrons. The van der Waals surface area contributed by atoms with Crippen LogP contribution in [0.2, 0.25) is 0 Å². The highest BCUT2D eigenvalue weighted by molar-refractivity contribution is 5.91. The van der Waals surface area contributed by atoms with Crippen LogP contribution in [0.5, 0.6) is 0 Å². The zero-order valence-corrected chi connectivity index (χ0v) is 9.04. The van der Waals surface area contributed by atoms with E-state index in [-0.39, 0.29) is 0 Å². The van der Waals surface area contributed by atoms with E-state index in [9.17, 15) is 9.59 Å². The fraction of sp³-hybridized carbons (Fsp3) is 0.667. The van der Waals surface area contributed by atoms with Crippen molar-refractivity contribution in [2.75, 3.05) is 0 Å². The van der Waals surface area contributed by atoms with Crippen molar-refractivity contribution in [3.05, 3.63) is 12.7 Å². The summed E-state index contributed by atoms with van der Waals surface area (Å²) in [5, 5.41) is 0. The molecule has 0 aromatic heterocycles. The van der Waals surface area contributed by atoms with Crippen molar-refractivity contribution in [1.29, 1.82) is 0 Å². The molecule has 1 aliphatic rings. The molecule has 0 aliphatic heterocycles. The van der Waals surface area contributed by atoms with E-state index < -0.39 is 11.9 Å². The first kappa shape index (κ1) is 12.0. The van der Waals surface area contributed by atoms with Crippen LogP contribution in [0.25, 0.3) is 0 Å². The van der Waals surface area contributed by atoms with Crippen molar-refractivity contribution in [2.45, 2.75) is 44.9 Å². The molecule has 0 atom stereocenters. The third-order valence-corrected chi connectivity index (χ3v) is 2.86. The average Bonchev–Trinajstić information content (AvgIpc) is 2.27. The Kier molecular flexibility index (Phi) is 5.08. The molecule has 0 spiro atoms. The maximum absolute atomic E-state index is 11.2. The minimum absolute atomic E-state index is 0.351. The Balaban J connectivity index is 2.15. The van der Waals surface area contributed by atoms with Crippen molar-refractivity contribution < 1.29 is 14.3 Å². The first-order valence-electron chi connectivity index (χ1n) is 5.59. The van der Waals surface area contributed by atoms with Crippen LogP contribution in [0, 0.1) is 5.92 Å². The van der Waals surface area contributed by atoms with Gasteiger partial charge in [-0.05, 0) is 12.3 Å². The fourth-order valence-electron chi connectivity index (χ4n) is 2.00. The van der Waals surface area contributed by atoms with Crippen molar-refractivity contribution in [1.82, 2.24) is 0 Å². The van der Waals surface area contributed by atoms with E-state index in [1.165, 1.54) is 32.1 Å². The normalized spacial score (nSPS) is 17.1. The molecule has 1 saturated carbocycles. The summed E-state index contributed by atoms with van der Waals surface area (Å²) in [6.45, 7) is 3.24. The molecular weight excluding hydrogens is 192 g/mol. The molecule has 0 N–H and O–H groups in total. The van der Waals surface area contributed by atoms with Crippen LogP contribution in [-0.4, -0.2) is 11.9 Å². The van der Waals surface area contributed by atoms with E-state index in [2.05, 4.69) is 11.3 Å². The third-order valence-electron chi connectivity index (χ3n) is 2.86. The summed E-state index contributed by atoms with van der Waals surface area (Å²) in [6, 6.07) is 0. The fourth-order valence-corrected chi connectivity index (χ4v) is 2.00. The lowest BCUT2D eigenvalue weighted by Crippen LogP contribution is -2.13. The molecule has 0 amide bonds. The first-order chi connectivity index (χ1) is 7.22. The second kappa shape index (κ2) is 6.38. The van der Waals surface area contributed by atoms with Crippen LogP contribution in [0.15, 0.2) is 12.7 Å². The Hall–Kier alpha value is -1.12. The van der Waals surface area contributed by atoms with Crippen molar-refractivity contribution in [3.63, 3.8) is 0 Å². The molecule has 1 fully saturated rings. The molecule has 0 saturated heterocycles. The van der Waals surface area contributed by atoms with Crippen LogP contribution in [0.1, 0.15) is 44.9 Å². The van der Waals surface area contributed by atoms with Gasteiger partial charge >= 0.3 is 11.9 Å². The standard InChI is InChI=1S/C12H18O3/c1-2-11(13)15-12(14)9-8-10-6-4-3-5-7-10/h2,10H,1,3-9H2. The minimum Gasteiger partial charge on any atom is -0.390 e. The van der Waals surface area contributed by atoms with E-state index in [1.807, 2.05) is 0 Å². The van der Waals surface area contributed by atoms with Crippen LogP contribution >= 0.6 is 0 Å². The molecule has 3 heteroatoms. The van der Waals surface area contributed by atoms with Crippen molar-refractivity contribution in [2.24, 2.45) is 5.92 Å². The second-order valence-corrected chi connectivity index (χ2v) is 4.04. The predicted octanol–water partition coefficient (Wildman–Crippen LogP) is 2.60. The van der Waals surface area contributed by atoms with Gasteiger partial charge < -0.3 is 4.74 Å². The lowest BCUT2D eigenvalue weighted by atomic mass is 9.86. The van der Waals surface area contributed by atoms with Gasteiger partial charge in [0, 0.05) is 12.5 Å². The van der Waals surface area contributed by atoms with Gasteiger partial charge in [-0.1, -0.05) is 38.7 Å². The van der Waals surface area contributed by atoms with E-state index >= 15 is 0 Å². The molecule has 0 aromatic rings. The summed E-state index contributed by atoms with van der Waals surface area (Å²) in [6.07, 6.45) is 8.49. The van der Waals surface area contributed by atoms with Gasteiger partial charge in [-0.15, -0.1) is 0 Å². The Morgan fingerprint density at radius 1 is 1.27 bits per heavy atom. The van der Waals surface area contributed by atoms with Crippen LogP contribution in [0.3, 0.4) is 0 Å². The Bertz CT molecular complexity index is 239. The zero-order valence-electron chi connectivity index (χ0n) is 9.04. The molecule has 0 aromatic carbocycles. The summed E-state index contributed by atoms with van der Waals surface area (Å²) in [4.78, 5) is 21.9. The van der Waals surface area contributed by atoms with E-state index in [1.54, 1.807) is 0 Å². The Morgan fingerprint density at radius 2 is 1.93 bits per heavy atom. The van der Waals surface area contributed by atoms with Crippen molar-refractivity contribution >= 4 is 11.9 Å². The summed E-state index contributed by atoms with van der Waals surface area (Å²) < 4.78 is 4.49. The molecule has 15 heavy (non-hydrogen) atoms. The molecule has 1 rings (SSSR count). The quantitative estimate of drug-likeness (QED) is 0.407. The number of esters is 2. The van der Waals surface area contributed by atoms with Gasteiger partial charge in [-0.3, -0.25) is 4.79 Å². The van der Waals surface area contributed by atoms with E-state index in [4.69, 9.17) is 0 Å². The van der Waals surface area contributed by atoms with E-state index in [0.29, 0.717) is 12.3 Å². The molecular formula is C12H18O3. The van der Waals surface area contributed by atoms with Crippen LogP contribution < -0.4 is 0 Å². The smallest absolute Gasteiger partial charge is 0.337 e. The highest BCUT2D eigenvalue weighted by atomic mass is 16.6. The maximum Gasteiger partial charge on any atom is 0.337 e. The third kappa shape index (κ3) is 4.77. The lowest BCUT2D eigenvalue weighted by Gasteiger charge is -2.20. The summed E-state index contributed by atoms with van der Waals surface area (Å²) in [5.74, 6) is -0.431. The van der Waals surface area contributed by atoms with Crippen molar-refractivity contribution in [3.8, 4) is 0 Å². The highest BCUT2D eigenvalue weighted by Gasteiger charge is 2.16. The van der Waals surface area contributed by atoms with Gasteiger partial charge in [0.05, 0.1) is 0 Å².